The zero-order valence-corrected chi connectivity index (χ0v) is 16.5. The first-order chi connectivity index (χ1) is 9.35. The van der Waals surface area contributed by atoms with E-state index in [-0.39, 0.29) is 5.54 Å². The highest BCUT2D eigenvalue weighted by atomic mass is 79.9. The second kappa shape index (κ2) is 6.96. The Bertz CT molecular complexity index is 572. The van der Waals surface area contributed by atoms with Gasteiger partial charge in [-0.3, -0.25) is 0 Å². The van der Waals surface area contributed by atoms with Crippen LogP contribution in [0.2, 0.25) is 0 Å². The van der Waals surface area contributed by atoms with Gasteiger partial charge >= 0.3 is 0 Å². The summed E-state index contributed by atoms with van der Waals surface area (Å²) in [5.74, 6) is 0. The van der Waals surface area contributed by atoms with Crippen molar-refractivity contribution in [1.82, 2.24) is 15.5 Å². The number of hydrogen-bond donors (Lipinski definition) is 1. The average Bonchev–Trinajstić information content (AvgIpc) is 2.90. The van der Waals surface area contributed by atoms with Crippen molar-refractivity contribution < 1.29 is 0 Å². The van der Waals surface area contributed by atoms with Crippen molar-refractivity contribution in [2.24, 2.45) is 0 Å². The van der Waals surface area contributed by atoms with Gasteiger partial charge in [-0.15, -0.1) is 21.5 Å². The molecule has 0 unspecified atom stereocenters. The molecule has 0 bridgehead atoms. The van der Waals surface area contributed by atoms with E-state index in [9.17, 15) is 0 Å². The quantitative estimate of drug-likeness (QED) is 0.658. The summed E-state index contributed by atoms with van der Waals surface area (Å²) in [6.45, 7) is 7.55. The molecule has 0 aliphatic carbocycles. The van der Waals surface area contributed by atoms with Gasteiger partial charge in [0.15, 0.2) is 0 Å². The first kappa shape index (κ1) is 16.5. The first-order valence-corrected chi connectivity index (χ1v) is 9.60. The van der Waals surface area contributed by atoms with Crippen LogP contribution in [0.25, 0.3) is 10.6 Å². The van der Waals surface area contributed by atoms with E-state index < -0.39 is 0 Å². The van der Waals surface area contributed by atoms with Gasteiger partial charge in [0, 0.05) is 17.5 Å². The fraction of sp³-hybridized carbons (Fsp3) is 0.538. The molecule has 7 heteroatoms. The molecular formula is C13H17Br2N3S2. The maximum atomic E-state index is 4.29. The van der Waals surface area contributed by atoms with Crippen LogP contribution in [0.3, 0.4) is 0 Å². The van der Waals surface area contributed by atoms with E-state index in [0.29, 0.717) is 0 Å². The molecule has 2 heterocycles. The first-order valence-electron chi connectivity index (χ1n) is 6.38. The molecule has 2 aromatic heterocycles. The number of thiophene rings is 1. The van der Waals surface area contributed by atoms with Gasteiger partial charge in [-0.25, -0.2) is 0 Å². The summed E-state index contributed by atoms with van der Waals surface area (Å²) in [6.07, 6.45) is 2.06. The lowest BCUT2D eigenvalue weighted by atomic mass is 10.1. The number of hydrogen-bond acceptors (Lipinski definition) is 5. The summed E-state index contributed by atoms with van der Waals surface area (Å²) in [5.41, 5.74) is 1.30. The zero-order chi connectivity index (χ0) is 14.8. The molecular weight excluding hydrogens is 422 g/mol. The molecule has 110 valence electrons. The smallest absolute Gasteiger partial charge is 0.149 e. The topological polar surface area (TPSA) is 37.8 Å². The predicted molar refractivity (Wildman–Crippen MR) is 94.7 cm³/mol. The van der Waals surface area contributed by atoms with E-state index in [1.807, 2.05) is 0 Å². The monoisotopic (exact) mass is 437 g/mol. The standard InChI is InChI=1S/C13H17Br2N3S2/c1-13(2,3)16-6-4-5-10-17-18-12(20-10)8-7-9(14)19-11(8)15/h7,16H,4-6H2,1-3H3. The Kier molecular flexibility index (Phi) is 5.76. The molecule has 0 radical (unpaired) electrons. The number of nitrogens with zero attached hydrogens (tertiary/aromatic N) is 2. The van der Waals surface area contributed by atoms with Crippen molar-refractivity contribution >= 4 is 54.5 Å². The van der Waals surface area contributed by atoms with E-state index >= 15 is 0 Å². The van der Waals surface area contributed by atoms with Crippen LogP contribution in [-0.2, 0) is 6.42 Å². The van der Waals surface area contributed by atoms with Crippen LogP contribution >= 0.6 is 54.5 Å². The van der Waals surface area contributed by atoms with Gasteiger partial charge in [0.2, 0.25) is 0 Å². The fourth-order valence-electron chi connectivity index (χ4n) is 1.65. The molecule has 0 aliphatic rings. The van der Waals surface area contributed by atoms with Crippen molar-refractivity contribution in [3.63, 3.8) is 0 Å². The molecule has 2 rings (SSSR count). The van der Waals surface area contributed by atoms with Crippen LogP contribution in [0.5, 0.6) is 0 Å². The molecule has 0 saturated carbocycles. The summed E-state index contributed by atoms with van der Waals surface area (Å²) in [7, 11) is 0. The maximum Gasteiger partial charge on any atom is 0.149 e. The van der Waals surface area contributed by atoms with Gasteiger partial charge in [0.1, 0.15) is 10.0 Å². The fourth-order valence-corrected chi connectivity index (χ4v) is 5.56. The number of rotatable bonds is 5. The van der Waals surface area contributed by atoms with Crippen molar-refractivity contribution in [3.8, 4) is 10.6 Å². The third-order valence-corrected chi connectivity index (χ3v) is 5.93. The van der Waals surface area contributed by atoms with E-state index in [1.165, 1.54) is 0 Å². The van der Waals surface area contributed by atoms with Crippen molar-refractivity contribution in [2.45, 2.75) is 39.2 Å². The third kappa shape index (κ3) is 4.87. The Morgan fingerprint density at radius 1 is 1.20 bits per heavy atom. The highest BCUT2D eigenvalue weighted by molar-refractivity contribution is 9.12. The summed E-state index contributed by atoms with van der Waals surface area (Å²) < 4.78 is 2.20. The Labute approximate surface area is 144 Å². The lowest BCUT2D eigenvalue weighted by molar-refractivity contribution is 0.422. The normalized spacial score (nSPS) is 12.1. The Balaban J connectivity index is 1.91. The SMILES string of the molecule is CC(C)(C)NCCCc1nnc(-c2cc(Br)sc2Br)s1. The number of aromatic nitrogens is 2. The van der Waals surface area contributed by atoms with Crippen LogP contribution in [0.15, 0.2) is 13.6 Å². The highest BCUT2D eigenvalue weighted by Gasteiger charge is 2.13. The van der Waals surface area contributed by atoms with Gasteiger partial charge in [-0.2, -0.15) is 0 Å². The molecule has 0 atom stereocenters. The molecule has 3 nitrogen and oxygen atoms in total. The Morgan fingerprint density at radius 2 is 1.95 bits per heavy atom. The highest BCUT2D eigenvalue weighted by Crippen LogP contribution is 2.39. The minimum Gasteiger partial charge on any atom is -0.312 e. The molecule has 0 spiro atoms. The maximum absolute atomic E-state index is 4.29. The predicted octanol–water partition coefficient (Wildman–Crippen LogP) is 5.11. The van der Waals surface area contributed by atoms with Gasteiger partial charge in [-0.1, -0.05) is 11.3 Å². The van der Waals surface area contributed by atoms with Crippen molar-refractivity contribution in [2.75, 3.05) is 6.54 Å². The summed E-state index contributed by atoms with van der Waals surface area (Å²) >= 11 is 10.4. The van der Waals surface area contributed by atoms with E-state index in [0.717, 1.165) is 42.5 Å². The van der Waals surface area contributed by atoms with Gasteiger partial charge in [0.25, 0.3) is 0 Å². The van der Waals surface area contributed by atoms with Crippen LogP contribution in [0.4, 0.5) is 0 Å². The molecule has 0 saturated heterocycles. The van der Waals surface area contributed by atoms with Gasteiger partial charge in [0.05, 0.1) is 7.57 Å². The third-order valence-electron chi connectivity index (χ3n) is 2.58. The molecule has 0 amide bonds. The van der Waals surface area contributed by atoms with E-state index in [2.05, 4.69) is 74.2 Å². The lowest BCUT2D eigenvalue weighted by Gasteiger charge is -2.20. The molecule has 0 aliphatic heterocycles. The van der Waals surface area contributed by atoms with Crippen LogP contribution in [0.1, 0.15) is 32.2 Å². The number of halogens is 2. The largest absolute Gasteiger partial charge is 0.312 e. The molecule has 20 heavy (non-hydrogen) atoms. The molecule has 0 fully saturated rings. The second-order valence-corrected chi connectivity index (χ2v) is 10.3. The molecule has 0 aromatic carbocycles. The number of aryl methyl sites for hydroxylation is 1. The average molecular weight is 439 g/mol. The van der Waals surface area contributed by atoms with Crippen molar-refractivity contribution in [1.29, 1.82) is 0 Å². The zero-order valence-electron chi connectivity index (χ0n) is 11.7. The van der Waals surface area contributed by atoms with Crippen LogP contribution in [0, 0.1) is 0 Å². The minimum atomic E-state index is 0.181. The molecule has 1 N–H and O–H groups in total. The lowest BCUT2D eigenvalue weighted by Crippen LogP contribution is -2.36. The van der Waals surface area contributed by atoms with Gasteiger partial charge < -0.3 is 5.32 Å². The Morgan fingerprint density at radius 3 is 2.55 bits per heavy atom. The van der Waals surface area contributed by atoms with Crippen LogP contribution < -0.4 is 5.32 Å². The van der Waals surface area contributed by atoms with Crippen LogP contribution in [-0.4, -0.2) is 22.3 Å². The summed E-state index contributed by atoms with van der Waals surface area (Å²) in [6, 6.07) is 2.08. The van der Waals surface area contributed by atoms with Gasteiger partial charge in [-0.05, 0) is 71.7 Å². The number of nitrogens with one attached hydrogen (secondary N) is 1. The van der Waals surface area contributed by atoms with E-state index in [4.69, 9.17) is 0 Å². The summed E-state index contributed by atoms with van der Waals surface area (Å²) in [4.78, 5) is 0. The van der Waals surface area contributed by atoms with E-state index in [1.54, 1.807) is 22.7 Å². The summed E-state index contributed by atoms with van der Waals surface area (Å²) in [5, 5.41) is 14.2. The second-order valence-electron chi connectivity index (χ2n) is 5.52. The Hall–Kier alpha value is 0.180. The van der Waals surface area contributed by atoms with Crippen molar-refractivity contribution in [3.05, 3.63) is 18.6 Å². The minimum absolute atomic E-state index is 0.181. The molecule has 2 aromatic rings.